The summed E-state index contributed by atoms with van der Waals surface area (Å²) in [6.45, 7) is 6.19. The van der Waals surface area contributed by atoms with Crippen LogP contribution < -0.4 is 5.32 Å². The van der Waals surface area contributed by atoms with Crippen molar-refractivity contribution in [1.29, 1.82) is 0 Å². The summed E-state index contributed by atoms with van der Waals surface area (Å²) in [5.41, 5.74) is -0.409. The Morgan fingerprint density at radius 1 is 1.29 bits per heavy atom. The monoisotopic (exact) mass is 243 g/mol. The third-order valence-electron chi connectivity index (χ3n) is 3.06. The van der Waals surface area contributed by atoms with Crippen molar-refractivity contribution in [3.63, 3.8) is 0 Å². The molecule has 17 heavy (non-hydrogen) atoms. The lowest BCUT2D eigenvalue weighted by molar-refractivity contribution is -0.153. The number of rotatable bonds is 4. The highest BCUT2D eigenvalue weighted by atomic mass is 16.6. The first kappa shape index (κ1) is 14.5. The van der Waals surface area contributed by atoms with Crippen molar-refractivity contribution in [3.8, 4) is 0 Å². The summed E-state index contributed by atoms with van der Waals surface area (Å²) in [6.07, 6.45) is 4.16. The van der Waals surface area contributed by atoms with Gasteiger partial charge in [-0.25, -0.2) is 0 Å². The summed E-state index contributed by atoms with van der Waals surface area (Å²) in [5.74, 6) is 0.261. The predicted molar refractivity (Wildman–Crippen MR) is 66.7 cm³/mol. The SMILES string of the molecule is CC(C)(C)OC(=O)CNC1CCC(CO)CC1. The van der Waals surface area contributed by atoms with Gasteiger partial charge in [0.1, 0.15) is 5.60 Å². The molecule has 0 unspecified atom stereocenters. The van der Waals surface area contributed by atoms with Crippen LogP contribution in [0.3, 0.4) is 0 Å². The van der Waals surface area contributed by atoms with E-state index in [1.54, 1.807) is 0 Å². The molecule has 1 aliphatic rings. The summed E-state index contributed by atoms with van der Waals surface area (Å²) in [6, 6.07) is 0.394. The van der Waals surface area contributed by atoms with Crippen molar-refractivity contribution in [2.24, 2.45) is 5.92 Å². The highest BCUT2D eigenvalue weighted by Crippen LogP contribution is 2.23. The fraction of sp³-hybridized carbons (Fsp3) is 0.923. The number of carbonyl (C=O) groups is 1. The van der Waals surface area contributed by atoms with Gasteiger partial charge >= 0.3 is 5.97 Å². The van der Waals surface area contributed by atoms with Gasteiger partial charge in [0.25, 0.3) is 0 Å². The number of hydrogen-bond acceptors (Lipinski definition) is 4. The van der Waals surface area contributed by atoms with Gasteiger partial charge in [-0.15, -0.1) is 0 Å². The second-order valence-corrected chi connectivity index (χ2v) is 5.87. The quantitative estimate of drug-likeness (QED) is 0.734. The van der Waals surface area contributed by atoms with Gasteiger partial charge in [0.05, 0.1) is 6.54 Å². The van der Waals surface area contributed by atoms with Gasteiger partial charge < -0.3 is 15.2 Å². The Hall–Kier alpha value is -0.610. The Kier molecular flexibility index (Phi) is 5.40. The molecule has 0 saturated heterocycles. The number of aliphatic hydroxyl groups excluding tert-OH is 1. The third kappa shape index (κ3) is 6.03. The maximum atomic E-state index is 11.5. The average molecular weight is 243 g/mol. The van der Waals surface area contributed by atoms with Gasteiger partial charge in [-0.1, -0.05) is 0 Å². The zero-order valence-electron chi connectivity index (χ0n) is 11.2. The minimum absolute atomic E-state index is 0.193. The van der Waals surface area contributed by atoms with Crippen molar-refractivity contribution in [2.75, 3.05) is 13.2 Å². The van der Waals surface area contributed by atoms with Gasteiger partial charge in [0.2, 0.25) is 0 Å². The molecule has 0 radical (unpaired) electrons. The molecule has 1 aliphatic carbocycles. The van der Waals surface area contributed by atoms with Gasteiger partial charge in [-0.2, -0.15) is 0 Å². The molecule has 1 rings (SSSR count). The summed E-state index contributed by atoms with van der Waals surface area (Å²) in [7, 11) is 0. The van der Waals surface area contributed by atoms with Crippen LogP contribution >= 0.6 is 0 Å². The number of nitrogens with one attached hydrogen (secondary N) is 1. The first-order valence-electron chi connectivity index (χ1n) is 6.47. The Balaban J connectivity index is 2.17. The molecule has 0 aromatic heterocycles. The molecule has 0 spiro atoms. The largest absolute Gasteiger partial charge is 0.459 e. The van der Waals surface area contributed by atoms with E-state index < -0.39 is 5.60 Å². The van der Waals surface area contributed by atoms with Gasteiger partial charge in [-0.05, 0) is 52.4 Å². The van der Waals surface area contributed by atoms with Crippen LogP contribution in [-0.2, 0) is 9.53 Å². The van der Waals surface area contributed by atoms with Crippen molar-refractivity contribution < 1.29 is 14.6 Å². The van der Waals surface area contributed by atoms with Crippen LogP contribution in [0.4, 0.5) is 0 Å². The average Bonchev–Trinajstić information content (AvgIpc) is 2.25. The van der Waals surface area contributed by atoms with E-state index in [-0.39, 0.29) is 12.5 Å². The van der Waals surface area contributed by atoms with Crippen molar-refractivity contribution >= 4 is 5.97 Å². The summed E-state index contributed by atoms with van der Waals surface area (Å²) in [5, 5.41) is 12.3. The molecule has 0 atom stereocenters. The molecule has 0 aromatic carbocycles. The number of hydrogen-bond donors (Lipinski definition) is 2. The van der Waals surface area contributed by atoms with Crippen molar-refractivity contribution in [3.05, 3.63) is 0 Å². The van der Waals surface area contributed by atoms with E-state index in [2.05, 4.69) is 5.32 Å². The third-order valence-corrected chi connectivity index (χ3v) is 3.06. The molecule has 1 saturated carbocycles. The maximum Gasteiger partial charge on any atom is 0.320 e. The van der Waals surface area contributed by atoms with E-state index in [4.69, 9.17) is 9.84 Å². The van der Waals surface area contributed by atoms with Gasteiger partial charge in [0, 0.05) is 12.6 Å². The second-order valence-electron chi connectivity index (χ2n) is 5.87. The van der Waals surface area contributed by atoms with Crippen molar-refractivity contribution in [1.82, 2.24) is 5.32 Å². The molecule has 0 bridgehead atoms. The predicted octanol–water partition coefficient (Wildman–Crippen LogP) is 1.47. The molecular formula is C13H25NO3. The van der Waals surface area contributed by atoms with Crippen LogP contribution in [0.1, 0.15) is 46.5 Å². The normalized spacial score (nSPS) is 25.6. The van der Waals surface area contributed by atoms with Crippen LogP contribution in [0.2, 0.25) is 0 Å². The maximum absolute atomic E-state index is 11.5. The molecule has 0 heterocycles. The van der Waals surface area contributed by atoms with E-state index >= 15 is 0 Å². The van der Waals surface area contributed by atoms with E-state index in [0.717, 1.165) is 25.7 Å². The molecule has 1 fully saturated rings. The van der Waals surface area contributed by atoms with Crippen LogP contribution in [-0.4, -0.2) is 35.9 Å². The molecule has 2 N–H and O–H groups in total. The summed E-state index contributed by atoms with van der Waals surface area (Å²) >= 11 is 0. The van der Waals surface area contributed by atoms with Crippen molar-refractivity contribution in [2.45, 2.75) is 58.1 Å². The molecule has 100 valence electrons. The molecule has 0 amide bonds. The van der Waals surface area contributed by atoms with Crippen LogP contribution in [0.5, 0.6) is 0 Å². The Bertz CT molecular complexity index is 240. The standard InChI is InChI=1S/C13H25NO3/c1-13(2,3)17-12(16)8-14-11-6-4-10(9-15)5-7-11/h10-11,14-15H,4-9H2,1-3H3. The fourth-order valence-electron chi connectivity index (χ4n) is 2.15. The Morgan fingerprint density at radius 2 is 1.88 bits per heavy atom. The summed E-state index contributed by atoms with van der Waals surface area (Å²) in [4.78, 5) is 11.5. The zero-order valence-corrected chi connectivity index (χ0v) is 11.2. The zero-order chi connectivity index (χ0) is 12.9. The van der Waals surface area contributed by atoms with Gasteiger partial charge in [-0.3, -0.25) is 4.79 Å². The molecule has 0 aliphatic heterocycles. The Morgan fingerprint density at radius 3 is 2.35 bits per heavy atom. The van der Waals surface area contributed by atoms with E-state index in [9.17, 15) is 4.79 Å². The molecular weight excluding hydrogens is 218 g/mol. The van der Waals surface area contributed by atoms with Crippen LogP contribution in [0.25, 0.3) is 0 Å². The molecule has 0 aromatic rings. The lowest BCUT2D eigenvalue weighted by Gasteiger charge is -2.28. The van der Waals surface area contributed by atoms with Crippen LogP contribution in [0.15, 0.2) is 0 Å². The highest BCUT2D eigenvalue weighted by molar-refractivity contribution is 5.72. The van der Waals surface area contributed by atoms with E-state index in [1.165, 1.54) is 0 Å². The number of esters is 1. The molecule has 4 heteroatoms. The number of aliphatic hydroxyl groups is 1. The topological polar surface area (TPSA) is 58.6 Å². The lowest BCUT2D eigenvalue weighted by Crippen LogP contribution is -2.39. The number of ether oxygens (including phenoxy) is 1. The minimum atomic E-state index is -0.409. The minimum Gasteiger partial charge on any atom is -0.459 e. The molecule has 4 nitrogen and oxygen atoms in total. The summed E-state index contributed by atoms with van der Waals surface area (Å²) < 4.78 is 5.23. The fourth-order valence-corrected chi connectivity index (χ4v) is 2.15. The lowest BCUT2D eigenvalue weighted by atomic mass is 9.86. The van der Waals surface area contributed by atoms with E-state index in [0.29, 0.717) is 18.6 Å². The van der Waals surface area contributed by atoms with Gasteiger partial charge in [0.15, 0.2) is 0 Å². The second kappa shape index (κ2) is 6.36. The van der Waals surface area contributed by atoms with Crippen LogP contribution in [0, 0.1) is 5.92 Å². The highest BCUT2D eigenvalue weighted by Gasteiger charge is 2.22. The first-order valence-corrected chi connectivity index (χ1v) is 6.47. The first-order chi connectivity index (χ1) is 7.90. The Labute approximate surface area is 104 Å². The smallest absolute Gasteiger partial charge is 0.320 e. The van der Waals surface area contributed by atoms with E-state index in [1.807, 2.05) is 20.8 Å². The number of carbonyl (C=O) groups excluding carboxylic acids is 1.